The van der Waals surface area contributed by atoms with E-state index in [4.69, 9.17) is 0 Å². The van der Waals surface area contributed by atoms with E-state index in [2.05, 4.69) is 0 Å². The average molecular weight is 300 g/mol. The van der Waals surface area contributed by atoms with Gasteiger partial charge in [0.15, 0.2) is 0 Å². The Labute approximate surface area is 122 Å². The predicted octanol–water partition coefficient (Wildman–Crippen LogP) is 3.01. The topological polar surface area (TPSA) is 23.6 Å². The van der Waals surface area contributed by atoms with Crippen LogP contribution in [0.3, 0.4) is 0 Å². The van der Waals surface area contributed by atoms with E-state index in [9.17, 15) is 18.0 Å². The highest BCUT2D eigenvalue weighted by Crippen LogP contribution is 2.30. The highest BCUT2D eigenvalue weighted by Gasteiger charge is 2.30. The normalized spacial score (nSPS) is 16.5. The first-order valence-corrected chi connectivity index (χ1v) is 7.00. The van der Waals surface area contributed by atoms with Crippen LogP contribution < -0.4 is 4.90 Å². The standard InChI is InChI=1S/C15H19F3N2O/c1-11(2)14(21)20-9-7-19(8-10-20)13-5-3-12(4-6-13)15(16,17)18/h3-6,11H,7-10H2,1-2H3. The number of benzene rings is 1. The van der Waals surface area contributed by atoms with Crippen LogP contribution in [-0.2, 0) is 11.0 Å². The minimum atomic E-state index is -4.30. The monoisotopic (exact) mass is 300 g/mol. The van der Waals surface area contributed by atoms with Gasteiger partial charge in [0.2, 0.25) is 5.91 Å². The van der Waals surface area contributed by atoms with Gasteiger partial charge in [0.25, 0.3) is 0 Å². The van der Waals surface area contributed by atoms with Crippen molar-refractivity contribution in [1.29, 1.82) is 0 Å². The summed E-state index contributed by atoms with van der Waals surface area (Å²) in [7, 11) is 0. The third kappa shape index (κ3) is 3.68. The Balaban J connectivity index is 1.98. The summed E-state index contributed by atoms with van der Waals surface area (Å²) >= 11 is 0. The summed E-state index contributed by atoms with van der Waals surface area (Å²) in [5, 5.41) is 0. The van der Waals surface area contributed by atoms with Crippen molar-refractivity contribution in [3.63, 3.8) is 0 Å². The Bertz CT molecular complexity index is 489. The van der Waals surface area contributed by atoms with Gasteiger partial charge >= 0.3 is 6.18 Å². The average Bonchev–Trinajstić information content (AvgIpc) is 2.46. The van der Waals surface area contributed by atoms with E-state index in [1.807, 2.05) is 23.6 Å². The summed E-state index contributed by atoms with van der Waals surface area (Å²) < 4.78 is 37.6. The highest BCUT2D eigenvalue weighted by atomic mass is 19.4. The smallest absolute Gasteiger partial charge is 0.368 e. The molecule has 1 aliphatic rings. The third-order valence-electron chi connectivity index (χ3n) is 3.65. The van der Waals surface area contributed by atoms with Crippen LogP contribution in [0.5, 0.6) is 0 Å². The molecule has 0 aromatic heterocycles. The first-order chi connectivity index (χ1) is 9.79. The Hall–Kier alpha value is -1.72. The molecule has 1 fully saturated rings. The van der Waals surface area contributed by atoms with Crippen molar-refractivity contribution in [2.45, 2.75) is 20.0 Å². The second-order valence-electron chi connectivity index (χ2n) is 5.51. The lowest BCUT2D eigenvalue weighted by molar-refractivity contribution is -0.137. The lowest BCUT2D eigenvalue weighted by Gasteiger charge is -2.37. The molecule has 116 valence electrons. The molecule has 1 aromatic carbocycles. The second-order valence-corrected chi connectivity index (χ2v) is 5.51. The zero-order chi connectivity index (χ0) is 15.6. The third-order valence-corrected chi connectivity index (χ3v) is 3.65. The van der Waals surface area contributed by atoms with Crippen LogP contribution in [0.2, 0.25) is 0 Å². The van der Waals surface area contributed by atoms with Gasteiger partial charge in [-0.15, -0.1) is 0 Å². The molecule has 1 heterocycles. The largest absolute Gasteiger partial charge is 0.416 e. The fourth-order valence-corrected chi connectivity index (χ4v) is 2.41. The molecule has 0 N–H and O–H groups in total. The summed E-state index contributed by atoms with van der Waals surface area (Å²) in [5.41, 5.74) is 0.125. The van der Waals surface area contributed by atoms with Crippen LogP contribution >= 0.6 is 0 Å². The van der Waals surface area contributed by atoms with E-state index in [0.29, 0.717) is 26.2 Å². The van der Waals surface area contributed by atoms with Crippen LogP contribution in [0.4, 0.5) is 18.9 Å². The van der Waals surface area contributed by atoms with Gasteiger partial charge in [0.1, 0.15) is 0 Å². The van der Waals surface area contributed by atoms with E-state index in [1.54, 1.807) is 0 Å². The van der Waals surface area contributed by atoms with Crippen LogP contribution in [-0.4, -0.2) is 37.0 Å². The highest BCUT2D eigenvalue weighted by molar-refractivity contribution is 5.78. The fraction of sp³-hybridized carbons (Fsp3) is 0.533. The summed E-state index contributed by atoms with van der Waals surface area (Å²) in [6.07, 6.45) is -4.30. The molecule has 0 spiro atoms. The first kappa shape index (κ1) is 15.7. The van der Waals surface area contributed by atoms with Gasteiger partial charge in [-0.25, -0.2) is 0 Å². The molecule has 21 heavy (non-hydrogen) atoms. The number of carbonyl (C=O) groups is 1. The Kier molecular flexibility index (Phi) is 4.44. The van der Waals surface area contributed by atoms with Crippen molar-refractivity contribution in [2.75, 3.05) is 31.1 Å². The molecule has 6 heteroatoms. The lowest BCUT2D eigenvalue weighted by Crippen LogP contribution is -2.49. The first-order valence-electron chi connectivity index (χ1n) is 7.00. The van der Waals surface area contributed by atoms with Crippen molar-refractivity contribution in [2.24, 2.45) is 5.92 Å². The number of amides is 1. The van der Waals surface area contributed by atoms with Crippen molar-refractivity contribution in [3.05, 3.63) is 29.8 Å². The number of carbonyl (C=O) groups excluding carboxylic acids is 1. The Morgan fingerprint density at radius 1 is 1.05 bits per heavy atom. The van der Waals surface area contributed by atoms with Crippen molar-refractivity contribution >= 4 is 11.6 Å². The number of hydrogen-bond donors (Lipinski definition) is 0. The summed E-state index contributed by atoms with van der Waals surface area (Å²) in [6.45, 7) is 6.23. The van der Waals surface area contributed by atoms with E-state index in [1.165, 1.54) is 12.1 Å². The number of nitrogens with zero attached hydrogens (tertiary/aromatic N) is 2. The van der Waals surface area contributed by atoms with Gasteiger partial charge in [0.05, 0.1) is 5.56 Å². The number of rotatable bonds is 2. The van der Waals surface area contributed by atoms with E-state index >= 15 is 0 Å². The molecule has 1 saturated heterocycles. The number of hydrogen-bond acceptors (Lipinski definition) is 2. The van der Waals surface area contributed by atoms with Gasteiger partial charge in [-0.2, -0.15) is 13.2 Å². The Morgan fingerprint density at radius 3 is 2.00 bits per heavy atom. The molecule has 0 unspecified atom stereocenters. The fourth-order valence-electron chi connectivity index (χ4n) is 2.41. The summed E-state index contributed by atoms with van der Waals surface area (Å²) in [5.74, 6) is 0.102. The number of halogens is 3. The molecule has 0 saturated carbocycles. The van der Waals surface area contributed by atoms with Gasteiger partial charge in [-0.05, 0) is 24.3 Å². The number of anilines is 1. The van der Waals surface area contributed by atoms with E-state index in [0.717, 1.165) is 17.8 Å². The molecule has 3 nitrogen and oxygen atoms in total. The van der Waals surface area contributed by atoms with Crippen LogP contribution in [0, 0.1) is 5.92 Å². The SMILES string of the molecule is CC(C)C(=O)N1CCN(c2ccc(C(F)(F)F)cc2)CC1. The van der Waals surface area contributed by atoms with E-state index in [-0.39, 0.29) is 11.8 Å². The van der Waals surface area contributed by atoms with Crippen molar-refractivity contribution < 1.29 is 18.0 Å². The molecule has 0 radical (unpaired) electrons. The maximum atomic E-state index is 12.5. The molecule has 0 atom stereocenters. The molecule has 0 bridgehead atoms. The minimum absolute atomic E-state index is 0.0254. The van der Waals surface area contributed by atoms with Crippen LogP contribution in [0.1, 0.15) is 19.4 Å². The van der Waals surface area contributed by atoms with Crippen LogP contribution in [0.25, 0.3) is 0 Å². The maximum absolute atomic E-state index is 12.5. The summed E-state index contributed by atoms with van der Waals surface area (Å²) in [4.78, 5) is 15.7. The predicted molar refractivity (Wildman–Crippen MR) is 75.1 cm³/mol. The molecular weight excluding hydrogens is 281 g/mol. The van der Waals surface area contributed by atoms with Crippen molar-refractivity contribution in [3.8, 4) is 0 Å². The molecule has 2 rings (SSSR count). The summed E-state index contributed by atoms with van der Waals surface area (Å²) in [6, 6.07) is 5.17. The van der Waals surface area contributed by atoms with Crippen LogP contribution in [0.15, 0.2) is 24.3 Å². The molecule has 1 amide bonds. The second kappa shape index (κ2) is 5.95. The number of alkyl halides is 3. The maximum Gasteiger partial charge on any atom is 0.416 e. The van der Waals surface area contributed by atoms with Crippen molar-refractivity contribution in [1.82, 2.24) is 4.90 Å². The molecule has 1 aliphatic heterocycles. The molecular formula is C15H19F3N2O. The minimum Gasteiger partial charge on any atom is -0.368 e. The zero-order valence-electron chi connectivity index (χ0n) is 12.2. The molecule has 0 aliphatic carbocycles. The number of piperazine rings is 1. The van der Waals surface area contributed by atoms with Gasteiger partial charge in [-0.3, -0.25) is 4.79 Å². The quantitative estimate of drug-likeness (QED) is 0.838. The molecule has 1 aromatic rings. The lowest BCUT2D eigenvalue weighted by atomic mass is 10.1. The van der Waals surface area contributed by atoms with Gasteiger partial charge in [0, 0.05) is 37.8 Å². The Morgan fingerprint density at radius 2 is 1.57 bits per heavy atom. The van der Waals surface area contributed by atoms with E-state index < -0.39 is 11.7 Å². The van der Waals surface area contributed by atoms with Gasteiger partial charge < -0.3 is 9.80 Å². The zero-order valence-corrected chi connectivity index (χ0v) is 12.2. The van der Waals surface area contributed by atoms with Gasteiger partial charge in [-0.1, -0.05) is 13.8 Å².